The van der Waals surface area contributed by atoms with Crippen LogP contribution >= 0.6 is 0 Å². The molecule has 0 radical (unpaired) electrons. The Labute approximate surface area is 129 Å². The van der Waals surface area contributed by atoms with Crippen molar-refractivity contribution in [2.75, 3.05) is 24.5 Å². The Kier molecular flexibility index (Phi) is 3.18. The third-order valence-electron chi connectivity index (χ3n) is 4.63. The zero-order valence-corrected chi connectivity index (χ0v) is 12.6. The van der Waals surface area contributed by atoms with Crippen molar-refractivity contribution in [3.05, 3.63) is 42.5 Å². The molecule has 6 nitrogen and oxygen atoms in total. The molecule has 4 rings (SSSR count). The van der Waals surface area contributed by atoms with Gasteiger partial charge in [-0.1, -0.05) is 6.07 Å². The maximum atomic E-state index is 12.6. The number of amides is 1. The summed E-state index contributed by atoms with van der Waals surface area (Å²) in [6.45, 7) is 3.42. The molecule has 2 fully saturated rings. The molecule has 22 heavy (non-hydrogen) atoms. The minimum Gasteiger partial charge on any atom is -0.309 e. The van der Waals surface area contributed by atoms with Gasteiger partial charge in [0.1, 0.15) is 0 Å². The number of pyridine rings is 1. The normalized spacial score (nSPS) is 25.0. The number of hydrogen-bond acceptors (Lipinski definition) is 4. The molecule has 0 unspecified atom stereocenters. The van der Waals surface area contributed by atoms with Gasteiger partial charge < -0.3 is 4.90 Å². The summed E-state index contributed by atoms with van der Waals surface area (Å²) in [5, 5.41) is 4.16. The van der Waals surface area contributed by atoms with Gasteiger partial charge in [-0.15, -0.1) is 0 Å². The van der Waals surface area contributed by atoms with Gasteiger partial charge >= 0.3 is 0 Å². The van der Waals surface area contributed by atoms with E-state index in [1.165, 1.54) is 0 Å². The summed E-state index contributed by atoms with van der Waals surface area (Å²) in [5.74, 6) is 0.766. The number of fused-ring (bicyclic) bond motifs is 1. The van der Waals surface area contributed by atoms with E-state index in [0.717, 1.165) is 37.6 Å². The molecule has 0 aliphatic carbocycles. The third kappa shape index (κ3) is 2.29. The van der Waals surface area contributed by atoms with Crippen molar-refractivity contribution in [1.82, 2.24) is 19.7 Å². The van der Waals surface area contributed by atoms with E-state index in [2.05, 4.69) is 15.0 Å². The molecule has 0 spiro atoms. The number of nitrogens with zero attached hydrogens (tertiary/aromatic N) is 5. The summed E-state index contributed by atoms with van der Waals surface area (Å²) < 4.78 is 1.74. The molecule has 2 aliphatic heterocycles. The first-order chi connectivity index (χ1) is 10.7. The van der Waals surface area contributed by atoms with Crippen LogP contribution in [-0.4, -0.2) is 45.2 Å². The number of likely N-dealkylation sites (tertiary alicyclic amines) is 1. The number of anilines is 1. The molecule has 114 valence electrons. The van der Waals surface area contributed by atoms with E-state index in [1.807, 2.05) is 42.5 Å². The quantitative estimate of drug-likeness (QED) is 0.845. The van der Waals surface area contributed by atoms with Crippen LogP contribution in [0.5, 0.6) is 0 Å². The van der Waals surface area contributed by atoms with Crippen LogP contribution in [-0.2, 0) is 18.4 Å². The highest BCUT2D eigenvalue weighted by atomic mass is 16.2. The van der Waals surface area contributed by atoms with E-state index in [0.29, 0.717) is 5.92 Å². The lowest BCUT2D eigenvalue weighted by molar-refractivity contribution is -0.120. The van der Waals surface area contributed by atoms with Gasteiger partial charge in [-0.2, -0.15) is 5.10 Å². The molecular weight excluding hydrogens is 278 g/mol. The van der Waals surface area contributed by atoms with E-state index in [1.54, 1.807) is 10.9 Å². The van der Waals surface area contributed by atoms with Gasteiger partial charge in [0.25, 0.3) is 0 Å². The maximum absolute atomic E-state index is 12.6. The molecular formula is C16H19N5O. The van der Waals surface area contributed by atoms with Crippen LogP contribution in [0.2, 0.25) is 0 Å². The zero-order chi connectivity index (χ0) is 15.1. The molecule has 0 N–H and O–H groups in total. The van der Waals surface area contributed by atoms with Crippen LogP contribution in [0.1, 0.15) is 5.69 Å². The summed E-state index contributed by atoms with van der Waals surface area (Å²) in [6, 6.07) is 5.98. The second-order valence-electron chi connectivity index (χ2n) is 6.20. The predicted octanol–water partition coefficient (Wildman–Crippen LogP) is 0.910. The van der Waals surface area contributed by atoms with Crippen molar-refractivity contribution in [3.63, 3.8) is 0 Å². The van der Waals surface area contributed by atoms with Crippen molar-refractivity contribution >= 4 is 11.6 Å². The van der Waals surface area contributed by atoms with Crippen LogP contribution < -0.4 is 4.90 Å². The summed E-state index contributed by atoms with van der Waals surface area (Å²) >= 11 is 0. The number of carbonyl (C=O) groups is 1. The Hall–Kier alpha value is -2.21. The Bertz CT molecular complexity index is 683. The fourth-order valence-corrected chi connectivity index (χ4v) is 3.58. The number of aryl methyl sites for hydroxylation is 1. The van der Waals surface area contributed by atoms with Crippen LogP contribution in [0.3, 0.4) is 0 Å². The van der Waals surface area contributed by atoms with E-state index in [9.17, 15) is 4.79 Å². The van der Waals surface area contributed by atoms with E-state index in [4.69, 9.17) is 0 Å². The number of hydrogen-bond donors (Lipinski definition) is 0. The number of aromatic nitrogens is 3. The third-order valence-corrected chi connectivity index (χ3v) is 4.63. The highest BCUT2D eigenvalue weighted by Gasteiger charge is 2.46. The summed E-state index contributed by atoms with van der Waals surface area (Å²) in [4.78, 5) is 21.2. The van der Waals surface area contributed by atoms with Gasteiger partial charge in [0.05, 0.1) is 23.5 Å². The fourth-order valence-electron chi connectivity index (χ4n) is 3.58. The van der Waals surface area contributed by atoms with Crippen LogP contribution in [0, 0.1) is 11.8 Å². The van der Waals surface area contributed by atoms with Crippen LogP contribution in [0.4, 0.5) is 5.69 Å². The fraction of sp³-hybridized carbons (Fsp3) is 0.438. The second kappa shape index (κ2) is 5.21. The van der Waals surface area contributed by atoms with Crippen LogP contribution in [0.15, 0.2) is 36.8 Å². The van der Waals surface area contributed by atoms with Crippen molar-refractivity contribution in [2.24, 2.45) is 18.9 Å². The lowest BCUT2D eigenvalue weighted by Crippen LogP contribution is -2.32. The average Bonchev–Trinajstić information content (AvgIpc) is 3.17. The SMILES string of the molecule is Cn1cc(N2C[C@@H]3CN(Cc4ccccn4)C[C@@H]3C2=O)cn1. The molecule has 0 saturated carbocycles. The van der Waals surface area contributed by atoms with Gasteiger partial charge in [-0.05, 0) is 12.1 Å². The predicted molar refractivity (Wildman–Crippen MR) is 82.1 cm³/mol. The second-order valence-corrected chi connectivity index (χ2v) is 6.20. The van der Waals surface area contributed by atoms with Crippen molar-refractivity contribution in [2.45, 2.75) is 6.54 Å². The molecule has 4 heterocycles. The number of carbonyl (C=O) groups excluding carboxylic acids is 1. The molecule has 0 bridgehead atoms. The standard InChI is InChI=1S/C16H19N5O/c1-19-10-14(6-18-19)21-8-12-7-20(11-15(12)16(21)22)9-13-4-2-3-5-17-13/h2-6,10,12,15H,7-9,11H2,1H3/t12-,15-/m0/s1. The zero-order valence-electron chi connectivity index (χ0n) is 12.6. The van der Waals surface area contributed by atoms with E-state index in [-0.39, 0.29) is 11.8 Å². The lowest BCUT2D eigenvalue weighted by atomic mass is 10.0. The van der Waals surface area contributed by atoms with Gasteiger partial charge in [0.15, 0.2) is 0 Å². The lowest BCUT2D eigenvalue weighted by Gasteiger charge is -2.20. The monoisotopic (exact) mass is 297 g/mol. The Morgan fingerprint density at radius 2 is 2.18 bits per heavy atom. The molecule has 2 aromatic rings. The first-order valence-electron chi connectivity index (χ1n) is 7.63. The Morgan fingerprint density at radius 1 is 1.27 bits per heavy atom. The molecule has 0 aromatic carbocycles. The van der Waals surface area contributed by atoms with E-state index < -0.39 is 0 Å². The smallest absolute Gasteiger partial charge is 0.231 e. The molecule has 6 heteroatoms. The van der Waals surface area contributed by atoms with Crippen molar-refractivity contribution < 1.29 is 4.79 Å². The van der Waals surface area contributed by atoms with Gasteiger partial charge in [-0.3, -0.25) is 19.4 Å². The molecule has 2 saturated heterocycles. The van der Waals surface area contributed by atoms with Crippen LogP contribution in [0.25, 0.3) is 0 Å². The Morgan fingerprint density at radius 3 is 2.86 bits per heavy atom. The first kappa shape index (κ1) is 13.5. The molecule has 2 atom stereocenters. The highest BCUT2D eigenvalue weighted by Crippen LogP contribution is 2.35. The largest absolute Gasteiger partial charge is 0.309 e. The first-order valence-corrected chi connectivity index (χ1v) is 7.63. The minimum atomic E-state index is 0.115. The van der Waals surface area contributed by atoms with Gasteiger partial charge in [0, 0.05) is 51.5 Å². The molecule has 2 aromatic heterocycles. The number of rotatable bonds is 3. The van der Waals surface area contributed by atoms with Gasteiger partial charge in [-0.25, -0.2) is 0 Å². The van der Waals surface area contributed by atoms with Crippen molar-refractivity contribution in [3.8, 4) is 0 Å². The summed E-state index contributed by atoms with van der Waals surface area (Å²) in [6.07, 6.45) is 5.50. The summed E-state index contributed by atoms with van der Waals surface area (Å²) in [7, 11) is 1.87. The molecule has 2 aliphatic rings. The maximum Gasteiger partial charge on any atom is 0.231 e. The minimum absolute atomic E-state index is 0.115. The van der Waals surface area contributed by atoms with Crippen molar-refractivity contribution in [1.29, 1.82) is 0 Å². The summed E-state index contributed by atoms with van der Waals surface area (Å²) in [5.41, 5.74) is 1.98. The van der Waals surface area contributed by atoms with Gasteiger partial charge in [0.2, 0.25) is 5.91 Å². The highest BCUT2D eigenvalue weighted by molar-refractivity contribution is 5.97. The molecule has 1 amide bonds. The Balaban J connectivity index is 1.44. The topological polar surface area (TPSA) is 54.3 Å². The van der Waals surface area contributed by atoms with E-state index >= 15 is 0 Å². The average molecular weight is 297 g/mol.